The van der Waals surface area contributed by atoms with Crippen LogP contribution in [0.25, 0.3) is 0 Å². The van der Waals surface area contributed by atoms with E-state index >= 15 is 0 Å². The van der Waals surface area contributed by atoms with Crippen LogP contribution in [0.3, 0.4) is 0 Å². The van der Waals surface area contributed by atoms with E-state index in [1.54, 1.807) is 32.9 Å². The third-order valence-electron chi connectivity index (χ3n) is 4.95. The molecule has 2 rings (SSSR count). The topological polar surface area (TPSA) is 72.9 Å². The lowest BCUT2D eigenvalue weighted by Crippen LogP contribution is -2.45. The van der Waals surface area contributed by atoms with Gasteiger partial charge in [-0.2, -0.15) is 8.42 Å². The zero-order valence-corrected chi connectivity index (χ0v) is 18.8. The highest BCUT2D eigenvalue weighted by Crippen LogP contribution is 2.37. The van der Waals surface area contributed by atoms with Crippen molar-refractivity contribution in [3.63, 3.8) is 0 Å². The first-order valence-electron chi connectivity index (χ1n) is 10.1. The molecule has 1 aliphatic heterocycles. The summed E-state index contributed by atoms with van der Waals surface area (Å²) in [5.74, 6) is -3.80. The van der Waals surface area contributed by atoms with Crippen LogP contribution in [0.4, 0.5) is 13.6 Å². The van der Waals surface area contributed by atoms with E-state index in [0.717, 1.165) is 5.56 Å². The lowest BCUT2D eigenvalue weighted by Gasteiger charge is -2.36. The van der Waals surface area contributed by atoms with Crippen molar-refractivity contribution in [3.05, 3.63) is 29.8 Å². The molecule has 0 bridgehead atoms. The molecule has 0 atom stereocenters. The van der Waals surface area contributed by atoms with Crippen LogP contribution in [0.15, 0.2) is 29.2 Å². The SMILES string of the molecule is Cc1ccc(S(=O)(=O)OCCCC(F)(F)C2CCN(C(=O)OC(C)(C)C)CC2)cc1. The van der Waals surface area contributed by atoms with E-state index in [0.29, 0.717) is 0 Å². The Morgan fingerprint density at radius 2 is 1.70 bits per heavy atom. The highest BCUT2D eigenvalue weighted by molar-refractivity contribution is 7.86. The van der Waals surface area contributed by atoms with Crippen LogP contribution in [0.1, 0.15) is 52.0 Å². The van der Waals surface area contributed by atoms with Crippen LogP contribution in [0, 0.1) is 12.8 Å². The zero-order chi connectivity index (χ0) is 22.6. The predicted molar refractivity (Wildman–Crippen MR) is 109 cm³/mol. The highest BCUT2D eigenvalue weighted by Gasteiger charge is 2.41. The van der Waals surface area contributed by atoms with Crippen molar-refractivity contribution in [2.45, 2.75) is 69.8 Å². The molecular weight excluding hydrogens is 416 g/mol. The summed E-state index contributed by atoms with van der Waals surface area (Å²) in [5.41, 5.74) is 0.280. The van der Waals surface area contributed by atoms with Gasteiger partial charge in [0.05, 0.1) is 11.5 Å². The van der Waals surface area contributed by atoms with Crippen LogP contribution in [-0.2, 0) is 19.0 Å². The number of rotatable bonds is 7. The Balaban J connectivity index is 1.78. The first-order chi connectivity index (χ1) is 13.8. The maximum atomic E-state index is 14.6. The molecule has 0 N–H and O–H groups in total. The number of nitrogens with zero attached hydrogens (tertiary/aromatic N) is 1. The fourth-order valence-corrected chi connectivity index (χ4v) is 4.21. The maximum absolute atomic E-state index is 14.6. The maximum Gasteiger partial charge on any atom is 0.410 e. The van der Waals surface area contributed by atoms with Crippen LogP contribution in [0.2, 0.25) is 0 Å². The number of halogens is 2. The number of carbonyl (C=O) groups is 1. The third kappa shape index (κ3) is 7.19. The van der Waals surface area contributed by atoms with Crippen molar-refractivity contribution in [2.75, 3.05) is 19.7 Å². The summed E-state index contributed by atoms with van der Waals surface area (Å²) in [6.45, 7) is 7.23. The van der Waals surface area contributed by atoms with Crippen molar-refractivity contribution in [3.8, 4) is 0 Å². The van der Waals surface area contributed by atoms with Gasteiger partial charge in [0.2, 0.25) is 0 Å². The molecule has 170 valence electrons. The number of piperidine rings is 1. The molecule has 1 aromatic rings. The Kier molecular flexibility index (Phi) is 7.85. The monoisotopic (exact) mass is 447 g/mol. The summed E-state index contributed by atoms with van der Waals surface area (Å²) in [5, 5.41) is 0. The van der Waals surface area contributed by atoms with Gasteiger partial charge in [0.25, 0.3) is 16.0 Å². The second-order valence-corrected chi connectivity index (χ2v) is 10.3. The molecule has 0 spiro atoms. The molecule has 1 fully saturated rings. The summed E-state index contributed by atoms with van der Waals surface area (Å²) in [4.78, 5) is 13.5. The molecule has 6 nitrogen and oxygen atoms in total. The molecule has 30 heavy (non-hydrogen) atoms. The quantitative estimate of drug-likeness (QED) is 0.445. The normalized spacial score (nSPS) is 16.5. The Bertz CT molecular complexity index is 811. The number of hydrogen-bond acceptors (Lipinski definition) is 5. The molecule has 0 radical (unpaired) electrons. The van der Waals surface area contributed by atoms with Crippen molar-refractivity contribution in [1.29, 1.82) is 0 Å². The average molecular weight is 448 g/mol. The van der Waals surface area contributed by atoms with Gasteiger partial charge in [-0.3, -0.25) is 4.18 Å². The molecule has 1 amide bonds. The largest absolute Gasteiger partial charge is 0.444 e. The minimum absolute atomic E-state index is 0.00868. The van der Waals surface area contributed by atoms with Gasteiger partial charge in [0.15, 0.2) is 0 Å². The Labute approximate surface area is 177 Å². The van der Waals surface area contributed by atoms with Crippen LogP contribution >= 0.6 is 0 Å². The molecule has 0 unspecified atom stereocenters. The number of ether oxygens (including phenoxy) is 1. The standard InChI is InChI=1S/C21H31F2NO5S/c1-16-6-8-18(9-7-16)30(26,27)28-15-5-12-21(22,23)17-10-13-24(14-11-17)19(25)29-20(2,3)4/h6-9,17H,5,10-15H2,1-4H3. The number of amides is 1. The van der Waals surface area contributed by atoms with Crippen molar-refractivity contribution < 1.29 is 30.9 Å². The molecule has 1 heterocycles. The van der Waals surface area contributed by atoms with Gasteiger partial charge >= 0.3 is 6.09 Å². The van der Waals surface area contributed by atoms with E-state index in [1.165, 1.54) is 17.0 Å². The number of hydrogen-bond donors (Lipinski definition) is 0. The van der Waals surface area contributed by atoms with E-state index in [9.17, 15) is 22.0 Å². The van der Waals surface area contributed by atoms with Crippen LogP contribution in [0.5, 0.6) is 0 Å². The summed E-state index contributed by atoms with van der Waals surface area (Å²) in [6.07, 6.45) is -0.680. The Morgan fingerprint density at radius 3 is 2.23 bits per heavy atom. The fourth-order valence-electron chi connectivity index (χ4n) is 3.26. The molecule has 1 saturated heterocycles. The second-order valence-electron chi connectivity index (χ2n) is 8.70. The summed E-state index contributed by atoms with van der Waals surface area (Å²) >= 11 is 0. The van der Waals surface area contributed by atoms with E-state index in [-0.39, 0.29) is 43.9 Å². The number of carbonyl (C=O) groups excluding carboxylic acids is 1. The second kappa shape index (κ2) is 9.60. The fraction of sp³-hybridized carbons (Fsp3) is 0.667. The summed E-state index contributed by atoms with van der Waals surface area (Å²) < 4.78 is 63.5. The van der Waals surface area contributed by atoms with E-state index in [2.05, 4.69) is 0 Å². The van der Waals surface area contributed by atoms with Gasteiger partial charge in [0.1, 0.15) is 5.60 Å². The Morgan fingerprint density at radius 1 is 1.13 bits per heavy atom. The number of aryl methyl sites for hydroxylation is 1. The van der Waals surface area contributed by atoms with Gasteiger partial charge in [-0.25, -0.2) is 13.6 Å². The van der Waals surface area contributed by atoms with Gasteiger partial charge in [-0.1, -0.05) is 17.7 Å². The van der Waals surface area contributed by atoms with Crippen LogP contribution in [-0.4, -0.2) is 50.6 Å². The van der Waals surface area contributed by atoms with Crippen molar-refractivity contribution >= 4 is 16.2 Å². The Hall–Kier alpha value is -1.74. The van der Waals surface area contributed by atoms with Gasteiger partial charge in [-0.05, 0) is 59.1 Å². The minimum Gasteiger partial charge on any atom is -0.444 e. The predicted octanol–water partition coefficient (Wildman–Crippen LogP) is 4.76. The molecule has 1 aliphatic rings. The number of alkyl halides is 2. The van der Waals surface area contributed by atoms with Gasteiger partial charge in [-0.15, -0.1) is 0 Å². The first-order valence-corrected chi connectivity index (χ1v) is 11.5. The van der Waals surface area contributed by atoms with Gasteiger partial charge < -0.3 is 9.64 Å². The van der Waals surface area contributed by atoms with Crippen LogP contribution < -0.4 is 0 Å². The minimum atomic E-state index is -3.95. The van der Waals surface area contributed by atoms with Crippen molar-refractivity contribution in [2.24, 2.45) is 5.92 Å². The molecular formula is C21H31F2NO5S. The van der Waals surface area contributed by atoms with Gasteiger partial charge in [0, 0.05) is 25.4 Å². The molecule has 0 saturated carbocycles. The van der Waals surface area contributed by atoms with E-state index in [1.807, 2.05) is 6.92 Å². The number of benzene rings is 1. The van der Waals surface area contributed by atoms with E-state index in [4.69, 9.17) is 8.92 Å². The smallest absolute Gasteiger partial charge is 0.410 e. The van der Waals surface area contributed by atoms with Crippen molar-refractivity contribution in [1.82, 2.24) is 4.90 Å². The zero-order valence-electron chi connectivity index (χ0n) is 18.0. The lowest BCUT2D eigenvalue weighted by molar-refractivity contribution is -0.0878. The van der Waals surface area contributed by atoms with E-state index < -0.39 is 40.1 Å². The summed E-state index contributed by atoms with van der Waals surface area (Å²) in [6, 6.07) is 6.15. The molecule has 1 aromatic carbocycles. The highest BCUT2D eigenvalue weighted by atomic mass is 32.2. The molecule has 0 aromatic heterocycles. The summed E-state index contributed by atoms with van der Waals surface area (Å²) in [7, 11) is -3.95. The average Bonchev–Trinajstić information content (AvgIpc) is 2.64. The number of likely N-dealkylation sites (tertiary alicyclic amines) is 1. The molecule has 0 aliphatic carbocycles. The first kappa shape index (κ1) is 24.5. The molecule has 9 heteroatoms. The third-order valence-corrected chi connectivity index (χ3v) is 6.27. The lowest BCUT2D eigenvalue weighted by atomic mass is 9.88.